The number of carbonyl (C=O) groups excluding carboxylic acids is 2. The lowest BCUT2D eigenvalue weighted by molar-refractivity contribution is -0.141. The minimum Gasteiger partial charge on any atom is -0.480 e. The van der Waals surface area contributed by atoms with E-state index in [1.807, 2.05) is 4.90 Å². The summed E-state index contributed by atoms with van der Waals surface area (Å²) in [6.45, 7) is 1.07. The van der Waals surface area contributed by atoms with Gasteiger partial charge < -0.3 is 20.5 Å². The Morgan fingerprint density at radius 3 is 2.07 bits per heavy atom. The van der Waals surface area contributed by atoms with E-state index in [1.165, 1.54) is 12.1 Å². The molecule has 0 heterocycles. The van der Waals surface area contributed by atoms with Crippen molar-refractivity contribution in [3.8, 4) is 5.75 Å². The number of benzene rings is 1. The van der Waals surface area contributed by atoms with Gasteiger partial charge in [0, 0.05) is 37.0 Å². The zero-order valence-electron chi connectivity index (χ0n) is 16.2. The van der Waals surface area contributed by atoms with Gasteiger partial charge in [-0.1, -0.05) is 0 Å². The van der Waals surface area contributed by atoms with Crippen LogP contribution in [0.2, 0.25) is 0 Å². The maximum absolute atomic E-state index is 12.5. The predicted molar refractivity (Wildman–Crippen MR) is 113 cm³/mol. The molecule has 0 spiro atoms. The summed E-state index contributed by atoms with van der Waals surface area (Å²) >= 11 is 11.5. The van der Waals surface area contributed by atoms with Gasteiger partial charge in [0.25, 0.3) is 0 Å². The van der Waals surface area contributed by atoms with Crippen molar-refractivity contribution in [3.63, 3.8) is 0 Å². The number of carboxylic acids is 1. The van der Waals surface area contributed by atoms with Crippen LogP contribution in [0.3, 0.4) is 0 Å². The third-order valence-electron chi connectivity index (χ3n) is 3.89. The van der Waals surface area contributed by atoms with Crippen molar-refractivity contribution < 1.29 is 32.6 Å². The molecule has 0 saturated carbocycles. The molecule has 0 radical (unpaired) electrons. The van der Waals surface area contributed by atoms with Crippen molar-refractivity contribution in [1.82, 2.24) is 4.31 Å². The fraction of sp³-hybridized carbons (Fsp3) is 0.471. The van der Waals surface area contributed by atoms with E-state index in [9.17, 15) is 27.9 Å². The molecule has 0 aliphatic rings. The van der Waals surface area contributed by atoms with Crippen LogP contribution in [0.25, 0.3) is 0 Å². The maximum atomic E-state index is 12.5. The van der Waals surface area contributed by atoms with Gasteiger partial charge in [-0.05, 0) is 30.7 Å². The van der Waals surface area contributed by atoms with Crippen LogP contribution in [0.4, 0.5) is 10.5 Å². The van der Waals surface area contributed by atoms with Crippen molar-refractivity contribution in [3.05, 3.63) is 24.3 Å². The van der Waals surface area contributed by atoms with E-state index in [0.717, 1.165) is 5.69 Å². The number of ether oxygens (including phenoxy) is 1. The summed E-state index contributed by atoms with van der Waals surface area (Å²) in [5, 5.41) is 9.34. The number of rotatable bonds is 12. The Morgan fingerprint density at radius 1 is 1.13 bits per heavy atom. The molecule has 2 amide bonds. The van der Waals surface area contributed by atoms with E-state index in [2.05, 4.69) is 0 Å². The number of primary amides is 1. The summed E-state index contributed by atoms with van der Waals surface area (Å²) in [7, 11) is -4.32. The molecule has 0 aromatic heterocycles. The number of hydrogen-bond acceptors (Lipinski definition) is 7. The highest BCUT2D eigenvalue weighted by molar-refractivity contribution is 7.88. The summed E-state index contributed by atoms with van der Waals surface area (Å²) < 4.78 is 29.2. The standard InChI is InChI=1S/C17H23Cl2N3O7S/c1-30(27,28)22(14(16(24)25)6-7-15(20)23)17(26)29-13-4-2-12(3-5-13)21(10-8-18)11-9-19/h2-5,14H,6-11H2,1H3,(H2,20,23)(H,24,25)/t14-/m0/s1. The summed E-state index contributed by atoms with van der Waals surface area (Å²) in [5.74, 6) is -1.71. The topological polar surface area (TPSA) is 147 Å². The minimum absolute atomic E-state index is 0.00635. The van der Waals surface area contributed by atoms with Crippen molar-refractivity contribution in [2.24, 2.45) is 5.73 Å². The lowest BCUT2D eigenvalue weighted by Gasteiger charge is -2.26. The molecular weight excluding hydrogens is 461 g/mol. The molecule has 0 aliphatic carbocycles. The summed E-state index contributed by atoms with van der Waals surface area (Å²) in [6.07, 6.45) is -1.67. The van der Waals surface area contributed by atoms with Gasteiger partial charge in [0.2, 0.25) is 15.9 Å². The van der Waals surface area contributed by atoms with E-state index in [0.29, 0.717) is 31.1 Å². The lowest BCUT2D eigenvalue weighted by Crippen LogP contribution is -2.49. The third kappa shape index (κ3) is 7.88. The third-order valence-corrected chi connectivity index (χ3v) is 5.34. The Bertz CT molecular complexity index is 843. The van der Waals surface area contributed by atoms with E-state index in [4.69, 9.17) is 33.7 Å². The van der Waals surface area contributed by atoms with Crippen LogP contribution < -0.4 is 15.4 Å². The first-order valence-electron chi connectivity index (χ1n) is 8.70. The van der Waals surface area contributed by atoms with Gasteiger partial charge in [-0.15, -0.1) is 23.2 Å². The fourth-order valence-electron chi connectivity index (χ4n) is 2.56. The smallest absolute Gasteiger partial charge is 0.429 e. The number of halogens is 2. The highest BCUT2D eigenvalue weighted by atomic mass is 35.5. The first-order chi connectivity index (χ1) is 14.0. The quantitative estimate of drug-likeness (QED) is 0.424. The van der Waals surface area contributed by atoms with Crippen molar-refractivity contribution in [2.45, 2.75) is 18.9 Å². The highest BCUT2D eigenvalue weighted by Crippen LogP contribution is 2.22. The zero-order valence-corrected chi connectivity index (χ0v) is 18.5. The van der Waals surface area contributed by atoms with Crippen LogP contribution in [0.5, 0.6) is 5.75 Å². The number of nitrogens with zero attached hydrogens (tertiary/aromatic N) is 2. The average molecular weight is 484 g/mol. The Kier molecular flexibility index (Phi) is 10.2. The molecule has 0 aliphatic heterocycles. The van der Waals surface area contributed by atoms with Crippen LogP contribution in [-0.4, -0.2) is 72.9 Å². The summed E-state index contributed by atoms with van der Waals surface area (Å²) in [4.78, 5) is 36.8. The number of amides is 2. The summed E-state index contributed by atoms with van der Waals surface area (Å²) in [5.41, 5.74) is 5.75. The van der Waals surface area contributed by atoms with Crippen molar-refractivity contribution in [1.29, 1.82) is 0 Å². The zero-order chi connectivity index (χ0) is 22.9. The molecular formula is C17H23Cl2N3O7S. The predicted octanol–water partition coefficient (Wildman–Crippen LogP) is 1.45. The number of hydrogen-bond donors (Lipinski definition) is 2. The molecule has 1 atom stereocenters. The van der Waals surface area contributed by atoms with Gasteiger partial charge in [0.05, 0.1) is 6.26 Å². The van der Waals surface area contributed by atoms with Gasteiger partial charge in [-0.2, -0.15) is 4.31 Å². The first-order valence-corrected chi connectivity index (χ1v) is 11.6. The monoisotopic (exact) mass is 483 g/mol. The van der Waals surface area contributed by atoms with E-state index >= 15 is 0 Å². The van der Waals surface area contributed by atoms with Crippen LogP contribution in [-0.2, 0) is 19.6 Å². The number of alkyl halides is 2. The second-order valence-corrected chi connectivity index (χ2v) is 8.76. The van der Waals surface area contributed by atoms with Crippen molar-refractivity contribution in [2.75, 3.05) is 36.0 Å². The van der Waals surface area contributed by atoms with Gasteiger partial charge in [0.1, 0.15) is 11.8 Å². The highest BCUT2D eigenvalue weighted by Gasteiger charge is 2.38. The molecule has 30 heavy (non-hydrogen) atoms. The number of anilines is 1. The largest absolute Gasteiger partial charge is 0.480 e. The molecule has 1 rings (SSSR count). The molecule has 168 valence electrons. The maximum Gasteiger partial charge on any atom is 0.429 e. The van der Waals surface area contributed by atoms with E-state index in [1.54, 1.807) is 12.1 Å². The lowest BCUT2D eigenvalue weighted by atomic mass is 10.1. The molecule has 10 nitrogen and oxygen atoms in total. The van der Waals surface area contributed by atoms with Crippen LogP contribution in [0.15, 0.2) is 24.3 Å². The SMILES string of the molecule is CS(=O)(=O)N(C(=O)Oc1ccc(N(CCCl)CCCl)cc1)[C@@H](CCC(N)=O)C(=O)O. The summed E-state index contributed by atoms with van der Waals surface area (Å²) in [6, 6.07) is 4.23. The van der Waals surface area contributed by atoms with Gasteiger partial charge in [0.15, 0.2) is 0 Å². The molecule has 0 fully saturated rings. The van der Waals surface area contributed by atoms with Gasteiger partial charge in [-0.25, -0.2) is 18.0 Å². The number of carboxylic acid groups (broad SMARTS) is 1. The normalized spacial score (nSPS) is 12.1. The van der Waals surface area contributed by atoms with E-state index < -0.39 is 46.9 Å². The molecule has 1 aromatic rings. The van der Waals surface area contributed by atoms with Crippen LogP contribution >= 0.6 is 23.2 Å². The molecule has 13 heteroatoms. The molecule has 3 N–H and O–H groups in total. The molecule has 1 aromatic carbocycles. The molecule has 0 unspecified atom stereocenters. The molecule has 0 bridgehead atoms. The Hall–Kier alpha value is -2.24. The van der Waals surface area contributed by atoms with Gasteiger partial charge in [-0.3, -0.25) is 4.79 Å². The second kappa shape index (κ2) is 11.8. The number of nitrogens with two attached hydrogens (primary N) is 1. The fourth-order valence-corrected chi connectivity index (χ4v) is 3.93. The average Bonchev–Trinajstić information content (AvgIpc) is 2.64. The Balaban J connectivity index is 3.06. The van der Waals surface area contributed by atoms with Gasteiger partial charge >= 0.3 is 12.1 Å². The minimum atomic E-state index is -4.32. The number of sulfonamides is 1. The molecule has 0 saturated heterocycles. The number of aliphatic carboxylic acids is 1. The number of carbonyl (C=O) groups is 3. The Morgan fingerprint density at radius 2 is 1.67 bits per heavy atom. The Labute approximate surface area is 184 Å². The van der Waals surface area contributed by atoms with Crippen LogP contribution in [0.1, 0.15) is 12.8 Å². The first kappa shape index (κ1) is 25.8. The second-order valence-electron chi connectivity index (χ2n) is 6.14. The van der Waals surface area contributed by atoms with E-state index in [-0.39, 0.29) is 10.1 Å². The van der Waals surface area contributed by atoms with Crippen LogP contribution in [0, 0.1) is 0 Å². The van der Waals surface area contributed by atoms with Crippen molar-refractivity contribution >= 4 is 56.9 Å².